The Labute approximate surface area is 107 Å². The first-order valence-corrected chi connectivity index (χ1v) is 6.30. The summed E-state index contributed by atoms with van der Waals surface area (Å²) in [5.41, 5.74) is 6.97. The average Bonchev–Trinajstić information content (AvgIpc) is 2.38. The molecule has 0 aliphatic carbocycles. The van der Waals surface area contributed by atoms with Crippen molar-refractivity contribution in [3.63, 3.8) is 0 Å². The lowest BCUT2D eigenvalue weighted by Crippen LogP contribution is -2.04. The van der Waals surface area contributed by atoms with Gasteiger partial charge in [0.2, 0.25) is 0 Å². The van der Waals surface area contributed by atoms with Crippen LogP contribution in [0, 0.1) is 5.82 Å². The van der Waals surface area contributed by atoms with Crippen molar-refractivity contribution < 1.29 is 9.18 Å². The van der Waals surface area contributed by atoms with Gasteiger partial charge in [0.1, 0.15) is 11.6 Å². The third kappa shape index (κ3) is 2.33. The zero-order valence-corrected chi connectivity index (χ0v) is 10.4. The number of anilines is 1. The maximum atomic E-state index is 12.9. The zero-order chi connectivity index (χ0) is 13.1. The fourth-order valence-electron chi connectivity index (χ4n) is 1.50. The molecule has 0 aliphatic rings. The lowest BCUT2D eigenvalue weighted by molar-refractivity contribution is 0.112. The van der Waals surface area contributed by atoms with E-state index in [1.807, 2.05) is 6.26 Å². The minimum absolute atomic E-state index is 0.128. The van der Waals surface area contributed by atoms with Crippen molar-refractivity contribution in [1.82, 2.24) is 9.97 Å². The van der Waals surface area contributed by atoms with E-state index in [0.717, 1.165) is 0 Å². The standard InChI is InChI=1S/C12H10FN3OS/c1-18-12-15-10(9(6-17)11(14)16-12)7-2-4-8(13)5-3-7/h2-6H,1H3,(H2,14,15,16). The predicted molar refractivity (Wildman–Crippen MR) is 69.0 cm³/mol. The maximum Gasteiger partial charge on any atom is 0.189 e. The first-order chi connectivity index (χ1) is 8.65. The van der Waals surface area contributed by atoms with Crippen LogP contribution < -0.4 is 5.73 Å². The molecule has 0 fully saturated rings. The van der Waals surface area contributed by atoms with Crippen molar-refractivity contribution in [2.45, 2.75) is 5.16 Å². The fourth-order valence-corrected chi connectivity index (χ4v) is 1.87. The Kier molecular flexibility index (Phi) is 3.57. The van der Waals surface area contributed by atoms with Crippen LogP contribution in [0.3, 0.4) is 0 Å². The number of nitrogens with zero attached hydrogens (tertiary/aromatic N) is 2. The van der Waals surface area contributed by atoms with Crippen LogP contribution in [-0.2, 0) is 0 Å². The SMILES string of the molecule is CSc1nc(N)c(C=O)c(-c2ccc(F)cc2)n1. The summed E-state index contributed by atoms with van der Waals surface area (Å²) in [5.74, 6) is -0.220. The van der Waals surface area contributed by atoms with Gasteiger partial charge in [0.05, 0.1) is 11.3 Å². The zero-order valence-electron chi connectivity index (χ0n) is 9.55. The second-order valence-electron chi connectivity index (χ2n) is 3.48. The summed E-state index contributed by atoms with van der Waals surface area (Å²) >= 11 is 1.32. The van der Waals surface area contributed by atoms with Crippen LogP contribution in [0.5, 0.6) is 0 Å². The molecule has 2 aromatic rings. The van der Waals surface area contributed by atoms with E-state index in [9.17, 15) is 9.18 Å². The van der Waals surface area contributed by atoms with Crippen LogP contribution >= 0.6 is 11.8 Å². The van der Waals surface area contributed by atoms with Crippen molar-refractivity contribution in [3.8, 4) is 11.3 Å². The lowest BCUT2D eigenvalue weighted by atomic mass is 10.1. The van der Waals surface area contributed by atoms with Crippen LogP contribution in [-0.4, -0.2) is 22.5 Å². The molecule has 2 N–H and O–H groups in total. The number of halogens is 1. The summed E-state index contributed by atoms with van der Waals surface area (Å²) < 4.78 is 12.9. The molecule has 0 spiro atoms. The molecule has 2 rings (SSSR count). The van der Waals surface area contributed by atoms with Gasteiger partial charge < -0.3 is 5.73 Å². The second kappa shape index (κ2) is 5.14. The Morgan fingerprint density at radius 2 is 1.94 bits per heavy atom. The highest BCUT2D eigenvalue weighted by molar-refractivity contribution is 7.98. The van der Waals surface area contributed by atoms with E-state index < -0.39 is 0 Å². The molecule has 0 bridgehead atoms. The third-order valence-electron chi connectivity index (χ3n) is 2.37. The Balaban J connectivity index is 2.64. The molecule has 92 valence electrons. The third-order valence-corrected chi connectivity index (χ3v) is 2.92. The van der Waals surface area contributed by atoms with E-state index in [4.69, 9.17) is 5.73 Å². The number of nitrogens with two attached hydrogens (primary N) is 1. The summed E-state index contributed by atoms with van der Waals surface area (Å²) in [7, 11) is 0. The Morgan fingerprint density at radius 1 is 1.28 bits per heavy atom. The average molecular weight is 263 g/mol. The summed E-state index contributed by atoms with van der Waals surface area (Å²) in [6, 6.07) is 5.71. The van der Waals surface area contributed by atoms with Crippen molar-refractivity contribution in [1.29, 1.82) is 0 Å². The highest BCUT2D eigenvalue weighted by Gasteiger charge is 2.13. The molecule has 0 atom stereocenters. The molecule has 0 unspecified atom stereocenters. The smallest absolute Gasteiger partial charge is 0.189 e. The number of nitrogen functional groups attached to an aromatic ring is 1. The van der Waals surface area contributed by atoms with Gasteiger partial charge in [-0.3, -0.25) is 4.79 Å². The number of aldehydes is 1. The van der Waals surface area contributed by atoms with Crippen molar-refractivity contribution in [2.24, 2.45) is 0 Å². The monoisotopic (exact) mass is 263 g/mol. The summed E-state index contributed by atoms with van der Waals surface area (Å²) in [6.07, 6.45) is 2.42. The van der Waals surface area contributed by atoms with E-state index in [-0.39, 0.29) is 17.2 Å². The largest absolute Gasteiger partial charge is 0.383 e. The van der Waals surface area contributed by atoms with Crippen molar-refractivity contribution in [2.75, 3.05) is 12.0 Å². The van der Waals surface area contributed by atoms with Crippen LogP contribution in [0.15, 0.2) is 29.4 Å². The first kappa shape index (κ1) is 12.5. The normalized spacial score (nSPS) is 10.3. The summed E-state index contributed by atoms with van der Waals surface area (Å²) in [5, 5.41) is 0.470. The van der Waals surface area contributed by atoms with Crippen molar-refractivity contribution >= 4 is 23.9 Å². The van der Waals surface area contributed by atoms with Gasteiger partial charge in [-0.25, -0.2) is 14.4 Å². The molecule has 4 nitrogen and oxygen atoms in total. The predicted octanol–water partition coefficient (Wildman–Crippen LogP) is 2.40. The first-order valence-electron chi connectivity index (χ1n) is 5.08. The van der Waals surface area contributed by atoms with Gasteiger partial charge >= 0.3 is 0 Å². The molecule has 0 radical (unpaired) electrons. The Morgan fingerprint density at radius 3 is 2.50 bits per heavy atom. The molecular weight excluding hydrogens is 253 g/mol. The summed E-state index contributed by atoms with van der Waals surface area (Å²) in [6.45, 7) is 0. The quantitative estimate of drug-likeness (QED) is 0.523. The molecule has 18 heavy (non-hydrogen) atoms. The lowest BCUT2D eigenvalue weighted by Gasteiger charge is -2.08. The number of aromatic nitrogens is 2. The number of carbonyl (C=O) groups is 1. The maximum absolute atomic E-state index is 12.9. The molecule has 0 saturated carbocycles. The van der Waals surface area contributed by atoms with Crippen LogP contribution in [0.25, 0.3) is 11.3 Å². The van der Waals surface area contributed by atoms with E-state index in [1.165, 1.54) is 23.9 Å². The molecule has 1 aromatic heterocycles. The van der Waals surface area contributed by atoms with E-state index in [0.29, 0.717) is 22.7 Å². The summed E-state index contributed by atoms with van der Waals surface area (Å²) in [4.78, 5) is 19.3. The molecular formula is C12H10FN3OS. The number of thioether (sulfide) groups is 1. The van der Waals surface area contributed by atoms with Gasteiger partial charge in [-0.1, -0.05) is 11.8 Å². The molecule has 1 aromatic carbocycles. The van der Waals surface area contributed by atoms with Crippen LogP contribution in [0.1, 0.15) is 10.4 Å². The minimum Gasteiger partial charge on any atom is -0.383 e. The minimum atomic E-state index is -0.349. The van der Waals surface area contributed by atoms with Gasteiger partial charge in [-0.2, -0.15) is 0 Å². The number of carbonyl (C=O) groups excluding carboxylic acids is 1. The number of hydrogen-bond donors (Lipinski definition) is 1. The van der Waals surface area contributed by atoms with Gasteiger partial charge in [0.15, 0.2) is 11.4 Å². The molecule has 0 aliphatic heterocycles. The van der Waals surface area contributed by atoms with Crippen molar-refractivity contribution in [3.05, 3.63) is 35.6 Å². The highest BCUT2D eigenvalue weighted by atomic mass is 32.2. The van der Waals surface area contributed by atoms with Gasteiger partial charge in [-0.05, 0) is 30.5 Å². The molecule has 0 saturated heterocycles. The topological polar surface area (TPSA) is 68.9 Å². The van der Waals surface area contributed by atoms with Gasteiger partial charge in [0, 0.05) is 5.56 Å². The van der Waals surface area contributed by atoms with Gasteiger partial charge in [-0.15, -0.1) is 0 Å². The molecule has 0 amide bonds. The highest BCUT2D eigenvalue weighted by Crippen LogP contribution is 2.26. The Hall–Kier alpha value is -1.95. The molecule has 1 heterocycles. The second-order valence-corrected chi connectivity index (χ2v) is 4.26. The molecule has 6 heteroatoms. The number of rotatable bonds is 3. The van der Waals surface area contributed by atoms with Gasteiger partial charge in [0.25, 0.3) is 0 Å². The van der Waals surface area contributed by atoms with Crippen LogP contribution in [0.4, 0.5) is 10.2 Å². The van der Waals surface area contributed by atoms with Crippen LogP contribution in [0.2, 0.25) is 0 Å². The number of hydrogen-bond acceptors (Lipinski definition) is 5. The van der Waals surface area contributed by atoms with E-state index >= 15 is 0 Å². The Bertz CT molecular complexity index is 587. The van der Waals surface area contributed by atoms with E-state index in [1.54, 1.807) is 12.1 Å². The number of benzene rings is 1. The van der Waals surface area contributed by atoms with E-state index in [2.05, 4.69) is 9.97 Å². The fraction of sp³-hybridized carbons (Fsp3) is 0.0833.